The molecule has 0 aromatic carbocycles. The number of nitrogens with one attached hydrogen (secondary N) is 1. The highest BCUT2D eigenvalue weighted by molar-refractivity contribution is 5.76. The molecule has 3 unspecified atom stereocenters. The zero-order chi connectivity index (χ0) is 40.1. The summed E-state index contributed by atoms with van der Waals surface area (Å²) in [4.78, 5) is 12.4. The third kappa shape index (κ3) is 40.8. The van der Waals surface area contributed by atoms with E-state index in [1.54, 1.807) is 0 Å². The van der Waals surface area contributed by atoms with Crippen molar-refractivity contribution >= 4 is 5.91 Å². The van der Waals surface area contributed by atoms with E-state index in [4.69, 9.17) is 0 Å². The quantitative estimate of drug-likeness (QED) is 0.0366. The second-order valence-corrected chi connectivity index (χ2v) is 17.0. The van der Waals surface area contributed by atoms with E-state index in [0.29, 0.717) is 12.8 Å². The van der Waals surface area contributed by atoms with Crippen molar-refractivity contribution in [1.82, 2.24) is 5.32 Å². The molecule has 0 aromatic rings. The molecule has 0 radical (unpaired) electrons. The Balaban J connectivity index is 3.54. The highest BCUT2D eigenvalue weighted by atomic mass is 16.3. The van der Waals surface area contributed by atoms with Crippen LogP contribution in [0.5, 0.6) is 0 Å². The van der Waals surface area contributed by atoms with Gasteiger partial charge in [-0.3, -0.25) is 4.79 Å². The molecule has 0 aliphatic rings. The van der Waals surface area contributed by atoms with Crippen LogP contribution in [0.1, 0.15) is 264 Å². The van der Waals surface area contributed by atoms with Gasteiger partial charge in [-0.15, -0.1) is 0 Å². The highest BCUT2D eigenvalue weighted by Gasteiger charge is 2.26. The SMILES string of the molecule is CCCCCCCCCC/C=C/CCCC(O)C(O)C(CO)NC(=O)CCCCCCCCCCCCCC/C=C\CCCCCCCCCCCCCC. The van der Waals surface area contributed by atoms with Crippen molar-refractivity contribution in [2.45, 2.75) is 283 Å². The van der Waals surface area contributed by atoms with Gasteiger partial charge in [0.1, 0.15) is 6.10 Å². The fourth-order valence-corrected chi connectivity index (χ4v) is 7.69. The van der Waals surface area contributed by atoms with Gasteiger partial charge in [0.25, 0.3) is 0 Å². The first-order valence-electron chi connectivity index (χ1n) is 24.6. The summed E-state index contributed by atoms with van der Waals surface area (Å²) in [7, 11) is 0. The Bertz CT molecular complexity index is 814. The number of aliphatic hydroxyl groups is 3. The monoisotopic (exact) mass is 776 g/mol. The van der Waals surface area contributed by atoms with Crippen LogP contribution in [-0.4, -0.2) is 46.1 Å². The van der Waals surface area contributed by atoms with Crippen molar-refractivity contribution in [3.8, 4) is 0 Å². The third-order valence-electron chi connectivity index (χ3n) is 11.5. The van der Waals surface area contributed by atoms with Crippen LogP contribution >= 0.6 is 0 Å². The molecule has 0 aromatic heterocycles. The average Bonchev–Trinajstić information content (AvgIpc) is 3.19. The van der Waals surface area contributed by atoms with E-state index >= 15 is 0 Å². The molecule has 3 atom stereocenters. The van der Waals surface area contributed by atoms with Gasteiger partial charge >= 0.3 is 0 Å². The molecule has 5 heteroatoms. The maximum Gasteiger partial charge on any atom is 0.220 e. The summed E-state index contributed by atoms with van der Waals surface area (Å²) in [5.74, 6) is -0.153. The second-order valence-electron chi connectivity index (χ2n) is 17.0. The van der Waals surface area contributed by atoms with Gasteiger partial charge < -0.3 is 20.6 Å². The van der Waals surface area contributed by atoms with Crippen LogP contribution in [0, 0.1) is 0 Å². The summed E-state index contributed by atoms with van der Waals surface area (Å²) < 4.78 is 0. The maximum absolute atomic E-state index is 12.4. The molecule has 0 aliphatic heterocycles. The van der Waals surface area contributed by atoms with Crippen LogP contribution in [0.15, 0.2) is 24.3 Å². The van der Waals surface area contributed by atoms with Gasteiger partial charge in [0.2, 0.25) is 5.91 Å². The number of allylic oxidation sites excluding steroid dienone is 4. The van der Waals surface area contributed by atoms with Gasteiger partial charge in [0.05, 0.1) is 18.8 Å². The van der Waals surface area contributed by atoms with Gasteiger partial charge in [-0.05, 0) is 64.2 Å². The first-order chi connectivity index (χ1) is 27.1. The summed E-state index contributed by atoms with van der Waals surface area (Å²) in [6, 6.07) is -0.823. The number of carbonyl (C=O) groups excluding carboxylic acids is 1. The molecule has 0 spiro atoms. The lowest BCUT2D eigenvalue weighted by Gasteiger charge is -2.26. The summed E-state index contributed by atoms with van der Waals surface area (Å²) in [6.07, 6.45) is 56.0. The van der Waals surface area contributed by atoms with E-state index in [1.807, 2.05) is 0 Å². The molecule has 0 bridgehead atoms. The Morgan fingerprint density at radius 2 is 0.727 bits per heavy atom. The van der Waals surface area contributed by atoms with Gasteiger partial charge in [0, 0.05) is 6.42 Å². The zero-order valence-electron chi connectivity index (χ0n) is 37.1. The number of amides is 1. The molecule has 0 aliphatic carbocycles. The number of unbranched alkanes of at least 4 members (excludes halogenated alkanes) is 33. The highest BCUT2D eigenvalue weighted by Crippen LogP contribution is 2.16. The first kappa shape index (κ1) is 53.8. The molecule has 1 amide bonds. The van der Waals surface area contributed by atoms with Crippen LogP contribution in [-0.2, 0) is 4.79 Å². The van der Waals surface area contributed by atoms with Crippen molar-refractivity contribution in [2.24, 2.45) is 0 Å². The predicted molar refractivity (Wildman–Crippen MR) is 241 cm³/mol. The molecule has 55 heavy (non-hydrogen) atoms. The molecule has 0 fully saturated rings. The minimum atomic E-state index is -1.16. The number of hydrogen-bond donors (Lipinski definition) is 4. The van der Waals surface area contributed by atoms with Crippen molar-refractivity contribution in [1.29, 1.82) is 0 Å². The summed E-state index contributed by atoms with van der Waals surface area (Å²) in [5, 5.41) is 33.5. The summed E-state index contributed by atoms with van der Waals surface area (Å²) in [6.45, 7) is 4.17. The Labute approximate surface area is 343 Å². The minimum Gasteiger partial charge on any atom is -0.394 e. The Kier molecular flexibility index (Phi) is 44.6. The molecule has 4 N–H and O–H groups in total. The molecule has 0 saturated heterocycles. The van der Waals surface area contributed by atoms with E-state index in [1.165, 1.54) is 199 Å². The normalized spacial score (nSPS) is 13.6. The van der Waals surface area contributed by atoms with E-state index in [2.05, 4.69) is 43.5 Å². The molecule has 5 nitrogen and oxygen atoms in total. The largest absolute Gasteiger partial charge is 0.394 e. The average molecular weight is 776 g/mol. The van der Waals surface area contributed by atoms with Gasteiger partial charge in [0.15, 0.2) is 0 Å². The standard InChI is InChI=1S/C50H97NO4/c1-3-5-7-9-11-13-15-17-18-19-20-21-22-23-24-25-26-27-28-29-30-31-33-35-37-39-41-43-45-49(54)51-47(46-52)50(55)48(53)44-42-40-38-36-34-32-16-14-12-10-8-6-4-2/h23-24,36,38,47-48,50,52-53,55H,3-22,25-35,37,39-46H2,1-2H3,(H,51,54)/b24-23-,38-36+. The van der Waals surface area contributed by atoms with Crippen molar-refractivity contribution < 1.29 is 20.1 Å². The zero-order valence-corrected chi connectivity index (χ0v) is 37.1. The molecule has 0 rings (SSSR count). The van der Waals surface area contributed by atoms with Crippen LogP contribution in [0.4, 0.5) is 0 Å². The van der Waals surface area contributed by atoms with E-state index in [-0.39, 0.29) is 12.5 Å². The lowest BCUT2D eigenvalue weighted by atomic mass is 10.0. The molecular formula is C50H97NO4. The summed E-state index contributed by atoms with van der Waals surface area (Å²) >= 11 is 0. The van der Waals surface area contributed by atoms with Crippen molar-refractivity contribution in [3.05, 3.63) is 24.3 Å². The number of aliphatic hydroxyl groups excluding tert-OH is 3. The molecule has 326 valence electrons. The van der Waals surface area contributed by atoms with Crippen LogP contribution in [0.3, 0.4) is 0 Å². The Morgan fingerprint density at radius 1 is 0.436 bits per heavy atom. The van der Waals surface area contributed by atoms with Gasteiger partial charge in [-0.25, -0.2) is 0 Å². The minimum absolute atomic E-state index is 0.153. The smallest absolute Gasteiger partial charge is 0.220 e. The predicted octanol–water partition coefficient (Wildman–Crippen LogP) is 14.6. The van der Waals surface area contributed by atoms with Crippen molar-refractivity contribution in [3.63, 3.8) is 0 Å². The second kappa shape index (κ2) is 45.5. The maximum atomic E-state index is 12.4. The third-order valence-corrected chi connectivity index (χ3v) is 11.5. The Hall–Kier alpha value is -1.17. The number of rotatable bonds is 45. The van der Waals surface area contributed by atoms with Crippen LogP contribution in [0.25, 0.3) is 0 Å². The lowest BCUT2D eigenvalue weighted by Crippen LogP contribution is -2.50. The van der Waals surface area contributed by atoms with Gasteiger partial charge in [-0.1, -0.05) is 218 Å². The van der Waals surface area contributed by atoms with Crippen LogP contribution < -0.4 is 5.32 Å². The number of carbonyl (C=O) groups is 1. The number of hydrogen-bond acceptors (Lipinski definition) is 4. The Morgan fingerprint density at radius 3 is 1.05 bits per heavy atom. The fraction of sp³-hybridized carbons (Fsp3) is 0.900. The van der Waals surface area contributed by atoms with Gasteiger partial charge in [-0.2, -0.15) is 0 Å². The van der Waals surface area contributed by atoms with E-state index in [9.17, 15) is 20.1 Å². The van der Waals surface area contributed by atoms with E-state index in [0.717, 1.165) is 38.5 Å². The molecule has 0 saturated carbocycles. The summed E-state index contributed by atoms with van der Waals surface area (Å²) in [5.41, 5.74) is 0. The molecular weight excluding hydrogens is 679 g/mol. The lowest BCUT2D eigenvalue weighted by molar-refractivity contribution is -0.124. The first-order valence-corrected chi connectivity index (χ1v) is 24.6. The fourth-order valence-electron chi connectivity index (χ4n) is 7.69. The van der Waals surface area contributed by atoms with Crippen LogP contribution in [0.2, 0.25) is 0 Å². The topological polar surface area (TPSA) is 89.8 Å². The van der Waals surface area contributed by atoms with Crippen molar-refractivity contribution in [2.75, 3.05) is 6.61 Å². The van der Waals surface area contributed by atoms with E-state index < -0.39 is 18.2 Å². The molecule has 0 heterocycles.